The Labute approximate surface area is 199 Å². The number of nitrogen functional groups attached to an aromatic ring is 1. The predicted octanol–water partition coefficient (Wildman–Crippen LogP) is 1.98. The lowest BCUT2D eigenvalue weighted by atomic mass is 10.1. The van der Waals surface area contributed by atoms with E-state index in [9.17, 15) is 14.4 Å². The summed E-state index contributed by atoms with van der Waals surface area (Å²) in [6.07, 6.45) is 3.39. The van der Waals surface area contributed by atoms with E-state index < -0.39 is 12.0 Å². The normalized spacial score (nSPS) is 10.6. The number of benzene rings is 1. The Bertz CT molecular complexity index is 1410. The summed E-state index contributed by atoms with van der Waals surface area (Å²) in [6.45, 7) is 2.67. The van der Waals surface area contributed by atoms with Crippen molar-refractivity contribution in [3.05, 3.63) is 69.4 Å². The number of amides is 2. The van der Waals surface area contributed by atoms with Crippen LogP contribution in [0.1, 0.15) is 23.0 Å². The van der Waals surface area contributed by atoms with Crippen LogP contribution in [-0.4, -0.2) is 44.8 Å². The molecule has 12 heteroatoms. The topological polar surface area (TPSA) is 160 Å². The van der Waals surface area contributed by atoms with Gasteiger partial charge in [0.1, 0.15) is 5.56 Å². The highest BCUT2D eigenvalue weighted by Crippen LogP contribution is 2.21. The number of carbonyl (C=O) groups excluding carboxylic acids is 2. The van der Waals surface area contributed by atoms with Crippen molar-refractivity contribution in [3.63, 3.8) is 0 Å². The van der Waals surface area contributed by atoms with Gasteiger partial charge in [-0.25, -0.2) is 14.3 Å². The van der Waals surface area contributed by atoms with Crippen molar-refractivity contribution in [1.82, 2.24) is 24.5 Å². The van der Waals surface area contributed by atoms with Crippen molar-refractivity contribution >= 4 is 45.8 Å². The molecule has 0 atom stereocenters. The number of methoxy groups -OCH3 is 1. The number of halogens is 1. The average Bonchev–Trinajstić information content (AvgIpc) is 3.16. The van der Waals surface area contributed by atoms with E-state index in [1.165, 1.54) is 11.6 Å². The lowest BCUT2D eigenvalue weighted by Gasteiger charge is -2.14. The van der Waals surface area contributed by atoms with E-state index in [-0.39, 0.29) is 16.9 Å². The summed E-state index contributed by atoms with van der Waals surface area (Å²) in [5.74, 6) is -0.516. The maximum absolute atomic E-state index is 12.6. The quantitative estimate of drug-likeness (QED) is 0.389. The number of nitrogens with two attached hydrogens (primary N) is 2. The van der Waals surface area contributed by atoms with Crippen LogP contribution in [0.25, 0.3) is 16.4 Å². The first-order valence-corrected chi connectivity index (χ1v) is 10.7. The fraction of sp³-hybridized carbons (Fsp3) is 0.227. The number of pyridine rings is 1. The van der Waals surface area contributed by atoms with E-state index in [1.807, 2.05) is 25.1 Å². The summed E-state index contributed by atoms with van der Waals surface area (Å²) < 4.78 is 7.56. The molecule has 0 fully saturated rings. The molecule has 4 aromatic rings. The zero-order valence-corrected chi connectivity index (χ0v) is 19.4. The summed E-state index contributed by atoms with van der Waals surface area (Å²) in [5, 5.41) is 8.22. The summed E-state index contributed by atoms with van der Waals surface area (Å²) >= 11 is 6.13. The van der Waals surface area contributed by atoms with Gasteiger partial charge in [0, 0.05) is 31.2 Å². The SMILES string of the molecule is CCc1cc2cccc(Cl)c2c(=O)n1CCNC(=O)OC.NC(=O)c1c(N)nn2cccnc12. The van der Waals surface area contributed by atoms with Gasteiger partial charge in [-0.05, 0) is 30.0 Å². The standard InChI is InChI=1S/C15H17ClN2O3.C7H7N5O/c1-3-11-9-10-5-4-6-12(16)13(10)14(19)18(11)8-7-17-15(20)21-2;8-5-4(6(9)13)7-10-2-1-3-12(7)11-5/h4-6,9H,3,7-8H2,1-2H3,(H,17,20);1-3H,(H2,8,11)(H2,9,13). The molecular formula is C22H24ClN7O4. The highest BCUT2D eigenvalue weighted by molar-refractivity contribution is 6.35. The number of ether oxygens (including phenoxy) is 1. The number of aryl methyl sites for hydroxylation is 1. The van der Waals surface area contributed by atoms with Crippen molar-refractivity contribution < 1.29 is 14.3 Å². The van der Waals surface area contributed by atoms with Gasteiger partial charge in [-0.3, -0.25) is 9.59 Å². The Kier molecular flexibility index (Phi) is 7.69. The van der Waals surface area contributed by atoms with Gasteiger partial charge >= 0.3 is 6.09 Å². The van der Waals surface area contributed by atoms with Crippen LogP contribution in [-0.2, 0) is 17.7 Å². The van der Waals surface area contributed by atoms with Crippen LogP contribution in [0.2, 0.25) is 5.02 Å². The Balaban J connectivity index is 0.000000212. The molecule has 4 rings (SSSR count). The zero-order chi connectivity index (χ0) is 24.8. The number of rotatable bonds is 5. The highest BCUT2D eigenvalue weighted by atomic mass is 35.5. The lowest BCUT2D eigenvalue weighted by molar-refractivity contribution is 0.100. The summed E-state index contributed by atoms with van der Waals surface area (Å²) in [4.78, 5) is 38.6. The Morgan fingerprint density at radius 1 is 1.26 bits per heavy atom. The van der Waals surface area contributed by atoms with Crippen LogP contribution >= 0.6 is 11.6 Å². The number of aromatic nitrogens is 4. The van der Waals surface area contributed by atoms with E-state index in [2.05, 4.69) is 20.1 Å². The molecule has 0 unspecified atom stereocenters. The van der Waals surface area contributed by atoms with Gasteiger partial charge in [-0.1, -0.05) is 30.7 Å². The minimum Gasteiger partial charge on any atom is -0.453 e. The number of anilines is 1. The smallest absolute Gasteiger partial charge is 0.406 e. The van der Waals surface area contributed by atoms with E-state index >= 15 is 0 Å². The molecule has 3 aromatic heterocycles. The van der Waals surface area contributed by atoms with Crippen LogP contribution in [0, 0.1) is 0 Å². The lowest BCUT2D eigenvalue weighted by Crippen LogP contribution is -2.32. The van der Waals surface area contributed by atoms with Gasteiger partial charge in [-0.2, -0.15) is 0 Å². The second-order valence-corrected chi connectivity index (χ2v) is 7.49. The number of nitrogens with zero attached hydrogens (tertiary/aromatic N) is 4. The third-order valence-corrected chi connectivity index (χ3v) is 5.31. The zero-order valence-electron chi connectivity index (χ0n) is 18.6. The van der Waals surface area contributed by atoms with Gasteiger partial charge in [0.05, 0.1) is 17.5 Å². The molecule has 3 heterocycles. The molecule has 5 N–H and O–H groups in total. The largest absolute Gasteiger partial charge is 0.453 e. The summed E-state index contributed by atoms with van der Waals surface area (Å²) in [7, 11) is 1.30. The Morgan fingerprint density at radius 3 is 2.71 bits per heavy atom. The van der Waals surface area contributed by atoms with Crippen LogP contribution in [0.3, 0.4) is 0 Å². The van der Waals surface area contributed by atoms with Gasteiger partial charge in [-0.15, -0.1) is 5.10 Å². The summed E-state index contributed by atoms with van der Waals surface area (Å²) in [5.41, 5.74) is 11.9. The maximum atomic E-state index is 12.6. The van der Waals surface area contributed by atoms with Gasteiger partial charge in [0.15, 0.2) is 11.5 Å². The third kappa shape index (κ3) is 5.09. The summed E-state index contributed by atoms with van der Waals surface area (Å²) in [6, 6.07) is 9.05. The van der Waals surface area contributed by atoms with Crippen molar-refractivity contribution in [2.75, 3.05) is 19.4 Å². The highest BCUT2D eigenvalue weighted by Gasteiger charge is 2.15. The molecule has 0 aliphatic carbocycles. The van der Waals surface area contributed by atoms with Crippen LogP contribution in [0.5, 0.6) is 0 Å². The van der Waals surface area contributed by atoms with E-state index in [1.54, 1.807) is 29.1 Å². The number of hydrogen-bond acceptors (Lipinski definition) is 7. The van der Waals surface area contributed by atoms with E-state index in [0.717, 1.165) is 17.5 Å². The van der Waals surface area contributed by atoms with E-state index in [4.69, 9.17) is 23.1 Å². The number of fused-ring (bicyclic) bond motifs is 2. The molecule has 0 aliphatic rings. The monoisotopic (exact) mass is 485 g/mol. The number of primary amides is 1. The fourth-order valence-corrected chi connectivity index (χ4v) is 3.69. The average molecular weight is 486 g/mol. The molecule has 0 radical (unpaired) electrons. The molecular weight excluding hydrogens is 462 g/mol. The van der Waals surface area contributed by atoms with Crippen molar-refractivity contribution in [3.8, 4) is 0 Å². The molecule has 1 aromatic carbocycles. The maximum Gasteiger partial charge on any atom is 0.406 e. The molecule has 0 saturated heterocycles. The number of carbonyl (C=O) groups is 2. The molecule has 0 aliphatic heterocycles. The molecule has 0 bridgehead atoms. The second-order valence-electron chi connectivity index (χ2n) is 7.08. The van der Waals surface area contributed by atoms with Crippen LogP contribution < -0.4 is 22.3 Å². The predicted molar refractivity (Wildman–Crippen MR) is 129 cm³/mol. The molecule has 0 saturated carbocycles. The van der Waals surface area contributed by atoms with Gasteiger partial charge in [0.25, 0.3) is 11.5 Å². The Morgan fingerprint density at radius 2 is 2.03 bits per heavy atom. The molecule has 178 valence electrons. The first-order valence-electron chi connectivity index (χ1n) is 10.3. The molecule has 2 amide bonds. The van der Waals surface area contributed by atoms with Crippen molar-refractivity contribution in [2.24, 2.45) is 5.73 Å². The number of hydrogen-bond donors (Lipinski definition) is 3. The fourth-order valence-electron chi connectivity index (χ4n) is 3.43. The van der Waals surface area contributed by atoms with E-state index in [0.29, 0.717) is 29.1 Å². The molecule has 0 spiro atoms. The number of alkyl carbamates (subject to hydrolysis) is 1. The third-order valence-electron chi connectivity index (χ3n) is 4.99. The second kappa shape index (κ2) is 10.7. The molecule has 11 nitrogen and oxygen atoms in total. The van der Waals surface area contributed by atoms with Crippen LogP contribution in [0.4, 0.5) is 10.6 Å². The van der Waals surface area contributed by atoms with Gasteiger partial charge < -0.3 is 26.1 Å². The first-order chi connectivity index (χ1) is 16.3. The Hall–Kier alpha value is -4.12. The van der Waals surface area contributed by atoms with Crippen molar-refractivity contribution in [2.45, 2.75) is 19.9 Å². The first kappa shape index (κ1) is 24.5. The minimum atomic E-state index is -0.619. The minimum absolute atomic E-state index is 0.103. The molecule has 34 heavy (non-hydrogen) atoms. The van der Waals surface area contributed by atoms with Crippen LogP contribution in [0.15, 0.2) is 47.5 Å². The van der Waals surface area contributed by atoms with Gasteiger partial charge in [0.2, 0.25) is 0 Å². The number of nitrogens with one attached hydrogen (secondary N) is 1. The van der Waals surface area contributed by atoms with Crippen molar-refractivity contribution in [1.29, 1.82) is 0 Å².